The summed E-state index contributed by atoms with van der Waals surface area (Å²) >= 11 is 1.44. The number of amides is 3. The molecule has 1 unspecified atom stereocenters. The molecule has 0 aliphatic carbocycles. The first kappa shape index (κ1) is 26.1. The Kier molecular flexibility index (Phi) is 6.58. The summed E-state index contributed by atoms with van der Waals surface area (Å²) in [6.07, 6.45) is -0.666. The monoisotopic (exact) mass is 552 g/mol. The molecule has 7 nitrogen and oxygen atoms in total. The van der Waals surface area contributed by atoms with Crippen LogP contribution < -0.4 is 0 Å². The fraction of sp³-hybridized carbons (Fsp3) is 0.250. The van der Waals surface area contributed by atoms with Crippen LogP contribution in [0.15, 0.2) is 90.1 Å². The van der Waals surface area contributed by atoms with E-state index in [0.29, 0.717) is 22.5 Å². The average Bonchev–Trinajstić information content (AvgIpc) is 3.22. The summed E-state index contributed by atoms with van der Waals surface area (Å²) in [5, 5.41) is -0.560. The van der Waals surface area contributed by atoms with Crippen LogP contribution in [0.3, 0.4) is 0 Å². The molecular formula is C32H28N2O5S. The summed E-state index contributed by atoms with van der Waals surface area (Å²) in [7, 11) is 0. The Morgan fingerprint density at radius 2 is 1.48 bits per heavy atom. The summed E-state index contributed by atoms with van der Waals surface area (Å²) in [4.78, 5) is 56.8. The Hall–Kier alpha value is -4.17. The van der Waals surface area contributed by atoms with Crippen LogP contribution in [0.2, 0.25) is 0 Å². The molecule has 1 fully saturated rings. The number of fused-ring (bicyclic) bond motifs is 2. The number of carbonyl (C=O) groups excluding carboxylic acids is 4. The number of ether oxygens (including phenoxy) is 1. The van der Waals surface area contributed by atoms with Gasteiger partial charge in [-0.3, -0.25) is 24.2 Å². The van der Waals surface area contributed by atoms with E-state index in [2.05, 4.69) is 0 Å². The minimum atomic E-state index is -0.979. The van der Waals surface area contributed by atoms with Crippen LogP contribution in [0, 0.1) is 0 Å². The maximum absolute atomic E-state index is 13.7. The van der Waals surface area contributed by atoms with Crippen molar-refractivity contribution in [3.8, 4) is 0 Å². The third kappa shape index (κ3) is 4.05. The normalized spacial score (nSPS) is 20.2. The van der Waals surface area contributed by atoms with E-state index in [1.54, 1.807) is 19.1 Å². The van der Waals surface area contributed by atoms with E-state index in [4.69, 9.17) is 4.74 Å². The predicted octanol–water partition coefficient (Wildman–Crippen LogP) is 5.30. The number of hydrogen-bond donors (Lipinski definition) is 0. The van der Waals surface area contributed by atoms with E-state index >= 15 is 0 Å². The van der Waals surface area contributed by atoms with Gasteiger partial charge >= 0.3 is 5.97 Å². The molecule has 202 valence electrons. The molecule has 40 heavy (non-hydrogen) atoms. The van der Waals surface area contributed by atoms with Crippen molar-refractivity contribution in [1.29, 1.82) is 0 Å². The van der Waals surface area contributed by atoms with Crippen LogP contribution in [0.1, 0.15) is 70.2 Å². The number of benzene rings is 3. The standard InChI is InChI=1S/C32H28N2O5S/c1-18(2)22-15-10-16-23-24(22)29(36)33(28(23)35)26-30(37)34-25(19(3)17-40-31(26)34)32(38)39-27(20-11-6-4-7-12-20)21-13-8-5-9-14-21/h4-16,18,26-27,31H,17H2,1-3H3/t26?,31-/m1/s1. The van der Waals surface area contributed by atoms with Crippen LogP contribution in [-0.2, 0) is 14.3 Å². The van der Waals surface area contributed by atoms with Crippen molar-refractivity contribution in [3.63, 3.8) is 0 Å². The minimum absolute atomic E-state index is 0.0402. The molecule has 1 saturated heterocycles. The lowest BCUT2D eigenvalue weighted by molar-refractivity contribution is -0.155. The first-order valence-electron chi connectivity index (χ1n) is 13.3. The molecule has 8 heteroatoms. The van der Waals surface area contributed by atoms with E-state index in [1.807, 2.05) is 80.6 Å². The second-order valence-electron chi connectivity index (χ2n) is 10.5. The zero-order valence-corrected chi connectivity index (χ0v) is 23.2. The van der Waals surface area contributed by atoms with Crippen molar-refractivity contribution < 1.29 is 23.9 Å². The summed E-state index contributed by atoms with van der Waals surface area (Å²) in [5.41, 5.74) is 3.98. The predicted molar refractivity (Wildman–Crippen MR) is 151 cm³/mol. The summed E-state index contributed by atoms with van der Waals surface area (Å²) in [6.45, 7) is 5.73. The van der Waals surface area contributed by atoms with Gasteiger partial charge in [-0.15, -0.1) is 11.8 Å². The van der Waals surface area contributed by atoms with Gasteiger partial charge in [-0.1, -0.05) is 86.6 Å². The first-order chi connectivity index (χ1) is 19.3. The molecule has 6 rings (SSSR count). The molecule has 0 radical (unpaired) electrons. The van der Waals surface area contributed by atoms with Crippen molar-refractivity contribution in [1.82, 2.24) is 9.80 Å². The Morgan fingerprint density at radius 3 is 2.08 bits per heavy atom. The number of nitrogens with zero attached hydrogens (tertiary/aromatic N) is 2. The number of imide groups is 1. The highest BCUT2D eigenvalue weighted by Gasteiger charge is 2.60. The number of hydrogen-bond acceptors (Lipinski definition) is 6. The van der Waals surface area contributed by atoms with E-state index in [1.165, 1.54) is 16.7 Å². The fourth-order valence-corrected chi connectivity index (χ4v) is 6.99. The zero-order chi connectivity index (χ0) is 28.1. The number of thioether (sulfide) groups is 1. The second-order valence-corrected chi connectivity index (χ2v) is 11.6. The van der Waals surface area contributed by atoms with Crippen LogP contribution in [0.5, 0.6) is 0 Å². The van der Waals surface area contributed by atoms with Crippen LogP contribution in [0.4, 0.5) is 0 Å². The minimum Gasteiger partial charge on any atom is -0.448 e. The smallest absolute Gasteiger partial charge is 0.356 e. The lowest BCUT2D eigenvalue weighted by Gasteiger charge is -2.51. The maximum Gasteiger partial charge on any atom is 0.356 e. The molecule has 0 spiro atoms. The summed E-state index contributed by atoms with van der Waals surface area (Å²) in [5.74, 6) is -1.48. The summed E-state index contributed by atoms with van der Waals surface area (Å²) < 4.78 is 6.08. The van der Waals surface area contributed by atoms with Gasteiger partial charge < -0.3 is 4.74 Å². The molecule has 0 N–H and O–H groups in total. The Bertz CT molecular complexity index is 1530. The Labute approximate surface area is 236 Å². The molecule has 3 aromatic rings. The average molecular weight is 553 g/mol. The van der Waals surface area contributed by atoms with Gasteiger partial charge in [0.25, 0.3) is 17.7 Å². The van der Waals surface area contributed by atoms with Gasteiger partial charge in [0.05, 0.1) is 11.1 Å². The van der Waals surface area contributed by atoms with Gasteiger partial charge in [0.15, 0.2) is 6.10 Å². The number of carbonyl (C=O) groups is 4. The lowest BCUT2D eigenvalue weighted by atomic mass is 9.94. The topological polar surface area (TPSA) is 84.0 Å². The zero-order valence-electron chi connectivity index (χ0n) is 22.4. The van der Waals surface area contributed by atoms with Gasteiger partial charge in [0, 0.05) is 5.75 Å². The van der Waals surface area contributed by atoms with Crippen LogP contribution in [0.25, 0.3) is 0 Å². The van der Waals surface area contributed by atoms with Gasteiger partial charge in [0.2, 0.25) is 0 Å². The molecule has 0 saturated carbocycles. The van der Waals surface area contributed by atoms with Gasteiger partial charge in [-0.2, -0.15) is 0 Å². The Morgan fingerprint density at radius 1 is 0.850 bits per heavy atom. The van der Waals surface area contributed by atoms with E-state index in [9.17, 15) is 19.2 Å². The number of β-lactam (4-membered cyclic amide) rings is 1. The van der Waals surface area contributed by atoms with E-state index in [0.717, 1.165) is 21.6 Å². The largest absolute Gasteiger partial charge is 0.448 e. The maximum atomic E-state index is 13.7. The molecule has 3 aliphatic rings. The Balaban J connectivity index is 1.28. The summed E-state index contributed by atoms with van der Waals surface area (Å²) in [6, 6.07) is 23.2. The quantitative estimate of drug-likeness (QED) is 0.235. The van der Waals surface area contributed by atoms with Gasteiger partial charge in [-0.05, 0) is 41.2 Å². The van der Waals surface area contributed by atoms with Crippen molar-refractivity contribution in [2.75, 3.05) is 5.75 Å². The van der Waals surface area contributed by atoms with Gasteiger partial charge in [0.1, 0.15) is 17.1 Å². The van der Waals surface area contributed by atoms with E-state index < -0.39 is 41.2 Å². The van der Waals surface area contributed by atoms with Crippen molar-refractivity contribution in [2.45, 2.75) is 44.2 Å². The molecule has 0 aromatic heterocycles. The van der Waals surface area contributed by atoms with Crippen LogP contribution >= 0.6 is 11.8 Å². The third-order valence-electron chi connectivity index (χ3n) is 7.63. The van der Waals surface area contributed by atoms with E-state index in [-0.39, 0.29) is 11.6 Å². The highest BCUT2D eigenvalue weighted by Crippen LogP contribution is 2.45. The molecule has 3 amide bonds. The molecular weight excluding hydrogens is 524 g/mol. The van der Waals surface area contributed by atoms with Crippen molar-refractivity contribution in [2.24, 2.45) is 0 Å². The van der Waals surface area contributed by atoms with Gasteiger partial charge in [-0.25, -0.2) is 4.79 Å². The molecule has 3 aromatic carbocycles. The number of esters is 1. The molecule has 2 atom stereocenters. The van der Waals surface area contributed by atoms with Crippen LogP contribution in [-0.4, -0.2) is 50.7 Å². The second kappa shape index (κ2) is 10.1. The van der Waals surface area contributed by atoms with Crippen molar-refractivity contribution >= 4 is 35.5 Å². The molecule has 3 heterocycles. The number of rotatable bonds is 6. The SMILES string of the molecule is CC1=C(C(=O)OC(c2ccccc2)c2ccccc2)N2C(=O)C(N3C(=O)c4cccc(C(C)C)c4C3=O)[C@H]2SC1. The fourth-order valence-electron chi connectivity index (χ4n) is 5.66. The molecule has 0 bridgehead atoms. The highest BCUT2D eigenvalue weighted by molar-refractivity contribution is 8.00. The lowest BCUT2D eigenvalue weighted by Crippen LogP contribution is -2.71. The highest BCUT2D eigenvalue weighted by atomic mass is 32.2. The third-order valence-corrected chi connectivity index (χ3v) is 9.04. The first-order valence-corrected chi connectivity index (χ1v) is 14.3. The molecule has 3 aliphatic heterocycles. The van der Waals surface area contributed by atoms with Crippen molar-refractivity contribution in [3.05, 3.63) is 118 Å².